The number of carbonyl (C=O) groups is 1. The Bertz CT molecular complexity index is 831. The predicted molar refractivity (Wildman–Crippen MR) is 92.3 cm³/mol. The quantitative estimate of drug-likeness (QED) is 0.720. The molecule has 0 aliphatic heterocycles. The number of nitrogens with one attached hydrogen (secondary N) is 2. The van der Waals surface area contributed by atoms with Crippen LogP contribution in [0.2, 0.25) is 0 Å². The Morgan fingerprint density at radius 2 is 1.88 bits per heavy atom. The number of halogens is 1. The molecule has 0 saturated heterocycles. The van der Waals surface area contributed by atoms with Gasteiger partial charge in [-0.25, -0.2) is 4.39 Å². The van der Waals surface area contributed by atoms with E-state index in [0.717, 1.165) is 11.1 Å². The fourth-order valence-corrected chi connectivity index (χ4v) is 2.45. The molecule has 0 fully saturated rings. The van der Waals surface area contributed by atoms with Crippen LogP contribution in [0.4, 0.5) is 10.2 Å². The second-order valence-corrected chi connectivity index (χ2v) is 5.66. The number of rotatable bonds is 6. The third-order valence-corrected chi connectivity index (χ3v) is 3.70. The van der Waals surface area contributed by atoms with E-state index in [1.54, 1.807) is 25.1 Å². The van der Waals surface area contributed by atoms with E-state index in [-0.39, 0.29) is 11.7 Å². The summed E-state index contributed by atoms with van der Waals surface area (Å²) in [6.45, 7) is 2.18. The van der Waals surface area contributed by atoms with Gasteiger partial charge in [0, 0.05) is 12.6 Å². The van der Waals surface area contributed by atoms with E-state index >= 15 is 0 Å². The van der Waals surface area contributed by atoms with Gasteiger partial charge in [0.25, 0.3) is 0 Å². The summed E-state index contributed by atoms with van der Waals surface area (Å²) in [6, 6.07) is 16.6. The molecule has 0 bridgehead atoms. The summed E-state index contributed by atoms with van der Waals surface area (Å²) in [5.41, 5.74) is 1.70. The van der Waals surface area contributed by atoms with Crippen molar-refractivity contribution in [2.75, 3.05) is 5.32 Å². The zero-order valence-corrected chi connectivity index (χ0v) is 13.7. The highest BCUT2D eigenvalue weighted by molar-refractivity contribution is 5.94. The zero-order valence-electron chi connectivity index (χ0n) is 13.7. The lowest BCUT2D eigenvalue weighted by atomic mass is 10.1. The summed E-state index contributed by atoms with van der Waals surface area (Å²) in [4.78, 5) is 12.7. The number of amides is 1. The highest BCUT2D eigenvalue weighted by Gasteiger charge is 2.21. The Hall–Kier alpha value is -2.99. The van der Waals surface area contributed by atoms with Crippen molar-refractivity contribution in [3.63, 3.8) is 0 Å². The smallest absolute Gasteiger partial charge is 0.247 e. The first-order valence-corrected chi connectivity index (χ1v) is 7.89. The van der Waals surface area contributed by atoms with Crippen LogP contribution in [0.25, 0.3) is 0 Å². The molecule has 1 amide bonds. The molecule has 6 heteroatoms. The molecule has 0 saturated carbocycles. The maximum absolute atomic E-state index is 13.0. The van der Waals surface area contributed by atoms with E-state index in [9.17, 15) is 9.18 Å². The van der Waals surface area contributed by atoms with Gasteiger partial charge in [0.2, 0.25) is 5.91 Å². The fraction of sp³-hybridized carbons (Fsp3) is 0.158. The van der Waals surface area contributed by atoms with Gasteiger partial charge >= 0.3 is 0 Å². The maximum atomic E-state index is 13.0. The minimum atomic E-state index is -0.580. The van der Waals surface area contributed by atoms with Crippen molar-refractivity contribution in [1.29, 1.82) is 0 Å². The second-order valence-electron chi connectivity index (χ2n) is 5.66. The number of anilines is 1. The molecule has 1 atom stereocenters. The summed E-state index contributed by atoms with van der Waals surface area (Å²) in [5, 5.41) is 9.73. The van der Waals surface area contributed by atoms with E-state index < -0.39 is 6.04 Å². The van der Waals surface area contributed by atoms with Gasteiger partial charge in [-0.05, 0) is 30.2 Å². The van der Waals surface area contributed by atoms with Gasteiger partial charge < -0.3 is 9.84 Å². The first kappa shape index (κ1) is 16.9. The molecule has 25 heavy (non-hydrogen) atoms. The second kappa shape index (κ2) is 7.72. The molecule has 1 unspecified atom stereocenters. The van der Waals surface area contributed by atoms with Gasteiger partial charge in [0.05, 0.1) is 0 Å². The van der Waals surface area contributed by atoms with Gasteiger partial charge in [-0.2, -0.15) is 0 Å². The van der Waals surface area contributed by atoms with Crippen molar-refractivity contribution in [3.05, 3.63) is 83.4 Å². The Morgan fingerprint density at radius 3 is 2.52 bits per heavy atom. The summed E-state index contributed by atoms with van der Waals surface area (Å²) in [5.74, 6) is 0.446. The number of aromatic nitrogens is 1. The van der Waals surface area contributed by atoms with Gasteiger partial charge in [0.1, 0.15) is 17.6 Å². The molecule has 0 spiro atoms. The van der Waals surface area contributed by atoms with Crippen LogP contribution in [0, 0.1) is 12.7 Å². The minimum absolute atomic E-state index is 0.249. The molecule has 2 aromatic carbocycles. The van der Waals surface area contributed by atoms with E-state index in [1.165, 1.54) is 12.1 Å². The third kappa shape index (κ3) is 4.51. The van der Waals surface area contributed by atoms with E-state index in [1.807, 2.05) is 30.3 Å². The summed E-state index contributed by atoms with van der Waals surface area (Å²) < 4.78 is 18.0. The van der Waals surface area contributed by atoms with E-state index in [0.29, 0.717) is 18.1 Å². The van der Waals surface area contributed by atoms with Gasteiger partial charge in [-0.15, -0.1) is 0 Å². The lowest BCUT2D eigenvalue weighted by molar-refractivity contribution is -0.118. The largest absolute Gasteiger partial charge is 0.360 e. The minimum Gasteiger partial charge on any atom is -0.360 e. The normalized spacial score (nSPS) is 11.9. The van der Waals surface area contributed by atoms with Gasteiger partial charge in [-0.3, -0.25) is 10.1 Å². The molecule has 128 valence electrons. The Kier molecular flexibility index (Phi) is 5.20. The topological polar surface area (TPSA) is 67.2 Å². The Balaban J connectivity index is 1.75. The molecule has 1 heterocycles. The van der Waals surface area contributed by atoms with Crippen LogP contribution in [0.5, 0.6) is 0 Å². The standard InChI is InChI=1S/C19H18FN3O2/c1-13-11-17(23-25-13)22-19(24)18(15-5-3-2-4-6-15)21-12-14-7-9-16(20)10-8-14/h2-11,18,21H,12H2,1H3,(H,22,23,24). The first-order chi connectivity index (χ1) is 12.1. The number of benzene rings is 2. The van der Waals surface area contributed by atoms with Crippen LogP contribution < -0.4 is 10.6 Å². The lowest BCUT2D eigenvalue weighted by Crippen LogP contribution is -2.32. The number of carbonyl (C=O) groups excluding carboxylic acids is 1. The van der Waals surface area contributed by atoms with Crippen molar-refractivity contribution in [2.45, 2.75) is 19.5 Å². The Labute approximate surface area is 144 Å². The average Bonchev–Trinajstić information content (AvgIpc) is 3.02. The van der Waals surface area contributed by atoms with Crippen molar-refractivity contribution < 1.29 is 13.7 Å². The van der Waals surface area contributed by atoms with E-state index in [2.05, 4.69) is 15.8 Å². The molecule has 0 aliphatic carbocycles. The van der Waals surface area contributed by atoms with Crippen LogP contribution in [-0.4, -0.2) is 11.1 Å². The third-order valence-electron chi connectivity index (χ3n) is 3.70. The van der Waals surface area contributed by atoms with Gasteiger partial charge in [-0.1, -0.05) is 47.6 Å². The molecule has 2 N–H and O–H groups in total. The van der Waals surface area contributed by atoms with Crippen molar-refractivity contribution in [1.82, 2.24) is 10.5 Å². The predicted octanol–water partition coefficient (Wildman–Crippen LogP) is 3.59. The summed E-state index contributed by atoms with van der Waals surface area (Å²) in [6.07, 6.45) is 0. The lowest BCUT2D eigenvalue weighted by Gasteiger charge is -2.18. The highest BCUT2D eigenvalue weighted by Crippen LogP contribution is 2.17. The van der Waals surface area contributed by atoms with Crippen LogP contribution in [0.1, 0.15) is 22.9 Å². The molecular formula is C19H18FN3O2. The van der Waals surface area contributed by atoms with Crippen LogP contribution in [-0.2, 0) is 11.3 Å². The number of hydrogen-bond donors (Lipinski definition) is 2. The number of aryl methyl sites for hydroxylation is 1. The molecular weight excluding hydrogens is 321 g/mol. The molecule has 0 aliphatic rings. The maximum Gasteiger partial charge on any atom is 0.247 e. The van der Waals surface area contributed by atoms with Crippen LogP contribution >= 0.6 is 0 Å². The van der Waals surface area contributed by atoms with Crippen molar-refractivity contribution in [3.8, 4) is 0 Å². The number of hydrogen-bond acceptors (Lipinski definition) is 4. The fourth-order valence-electron chi connectivity index (χ4n) is 2.45. The van der Waals surface area contributed by atoms with Crippen LogP contribution in [0.15, 0.2) is 65.2 Å². The summed E-state index contributed by atoms with van der Waals surface area (Å²) >= 11 is 0. The molecule has 0 radical (unpaired) electrons. The SMILES string of the molecule is Cc1cc(NC(=O)C(NCc2ccc(F)cc2)c2ccccc2)no1. The highest BCUT2D eigenvalue weighted by atomic mass is 19.1. The molecule has 3 rings (SSSR count). The number of nitrogens with zero attached hydrogens (tertiary/aromatic N) is 1. The van der Waals surface area contributed by atoms with Crippen molar-refractivity contribution in [2.24, 2.45) is 0 Å². The summed E-state index contributed by atoms with van der Waals surface area (Å²) in [7, 11) is 0. The zero-order chi connectivity index (χ0) is 17.6. The van der Waals surface area contributed by atoms with Crippen molar-refractivity contribution >= 4 is 11.7 Å². The molecule has 5 nitrogen and oxygen atoms in total. The monoisotopic (exact) mass is 339 g/mol. The molecule has 1 aromatic heterocycles. The van der Waals surface area contributed by atoms with E-state index in [4.69, 9.17) is 4.52 Å². The average molecular weight is 339 g/mol. The first-order valence-electron chi connectivity index (χ1n) is 7.89. The van der Waals surface area contributed by atoms with Gasteiger partial charge in [0.15, 0.2) is 5.82 Å². The molecule has 3 aromatic rings. The Morgan fingerprint density at radius 1 is 1.16 bits per heavy atom. The van der Waals surface area contributed by atoms with Crippen LogP contribution in [0.3, 0.4) is 0 Å².